The summed E-state index contributed by atoms with van der Waals surface area (Å²) in [5.74, 6) is -0.310. The highest BCUT2D eigenvalue weighted by molar-refractivity contribution is 5.95. The van der Waals surface area contributed by atoms with Gasteiger partial charge in [-0.3, -0.25) is 10.1 Å². The Kier molecular flexibility index (Phi) is 3.38. The smallest absolute Gasteiger partial charge is 0.356 e. The van der Waals surface area contributed by atoms with E-state index in [0.717, 1.165) is 4.90 Å². The highest BCUT2D eigenvalue weighted by Crippen LogP contribution is 2.35. The molecule has 1 aromatic rings. The molecule has 1 aliphatic heterocycles. The number of anilines is 1. The van der Waals surface area contributed by atoms with Gasteiger partial charge in [-0.05, 0) is 13.3 Å². The number of nitrogens with zero attached hydrogens (tertiary/aromatic N) is 4. The van der Waals surface area contributed by atoms with Crippen molar-refractivity contribution in [3.05, 3.63) is 15.8 Å². The zero-order valence-corrected chi connectivity index (χ0v) is 10.6. The second kappa shape index (κ2) is 4.84. The molecule has 1 N–H and O–H groups in total. The molecule has 2 heterocycles. The minimum absolute atomic E-state index is 0.0780. The van der Waals surface area contributed by atoms with Gasteiger partial charge < -0.3 is 14.5 Å². The lowest BCUT2D eigenvalue weighted by Crippen LogP contribution is -2.35. The van der Waals surface area contributed by atoms with Crippen molar-refractivity contribution in [2.75, 3.05) is 18.0 Å². The predicted molar refractivity (Wildman–Crippen MR) is 63.7 cm³/mol. The van der Waals surface area contributed by atoms with Crippen LogP contribution in [0.3, 0.4) is 0 Å². The van der Waals surface area contributed by atoms with E-state index in [1.54, 1.807) is 13.8 Å². The fourth-order valence-electron chi connectivity index (χ4n) is 2.01. The first-order chi connectivity index (χ1) is 9.01. The summed E-state index contributed by atoms with van der Waals surface area (Å²) in [6, 6.07) is -0.531. The number of rotatable bonds is 4. The fourth-order valence-corrected chi connectivity index (χ4v) is 2.01. The van der Waals surface area contributed by atoms with Crippen LogP contribution in [0.25, 0.3) is 0 Å². The predicted octanol–water partition coefficient (Wildman–Crippen LogP) is 0.725. The summed E-state index contributed by atoms with van der Waals surface area (Å²) in [7, 11) is 0. The standard InChI is InChI=1S/C10H14N4O5/c1-3-6-8(14(17)18)9(19-11-6)13-7(15)5-12(4-2)10(13)16/h7,15H,3-5H2,1-2H3. The number of amides is 2. The average Bonchev–Trinajstić information content (AvgIpc) is 2.90. The van der Waals surface area contributed by atoms with Crippen LogP contribution in [-0.4, -0.2) is 45.4 Å². The molecular weight excluding hydrogens is 256 g/mol. The average molecular weight is 270 g/mol. The van der Waals surface area contributed by atoms with Crippen molar-refractivity contribution in [1.29, 1.82) is 0 Å². The lowest BCUT2D eigenvalue weighted by atomic mass is 10.3. The number of likely N-dealkylation sites (N-methyl/N-ethyl adjacent to an activating group) is 1. The van der Waals surface area contributed by atoms with Gasteiger partial charge in [-0.15, -0.1) is 0 Å². The zero-order valence-electron chi connectivity index (χ0n) is 10.6. The second-order valence-corrected chi connectivity index (χ2v) is 4.07. The van der Waals surface area contributed by atoms with E-state index < -0.39 is 17.2 Å². The minimum Gasteiger partial charge on any atom is -0.371 e. The van der Waals surface area contributed by atoms with Crippen molar-refractivity contribution >= 4 is 17.6 Å². The Labute approximate surface area is 108 Å². The first kappa shape index (κ1) is 13.3. The van der Waals surface area contributed by atoms with Crippen LogP contribution < -0.4 is 4.90 Å². The van der Waals surface area contributed by atoms with Gasteiger partial charge in [-0.1, -0.05) is 12.1 Å². The molecule has 0 saturated carbocycles. The highest BCUT2D eigenvalue weighted by atomic mass is 16.6. The number of aliphatic hydroxyl groups is 1. The van der Waals surface area contributed by atoms with E-state index >= 15 is 0 Å². The number of urea groups is 1. The Morgan fingerprint density at radius 3 is 2.74 bits per heavy atom. The summed E-state index contributed by atoms with van der Waals surface area (Å²) in [5, 5.41) is 24.5. The van der Waals surface area contributed by atoms with Gasteiger partial charge >= 0.3 is 17.6 Å². The number of carbonyl (C=O) groups is 1. The minimum atomic E-state index is -1.18. The summed E-state index contributed by atoms with van der Waals surface area (Å²) in [6.07, 6.45) is -0.876. The van der Waals surface area contributed by atoms with E-state index in [4.69, 9.17) is 4.52 Å². The molecule has 1 unspecified atom stereocenters. The Balaban J connectivity index is 2.45. The molecule has 9 nitrogen and oxygen atoms in total. The third-order valence-corrected chi connectivity index (χ3v) is 2.99. The van der Waals surface area contributed by atoms with Crippen molar-refractivity contribution < 1.29 is 19.3 Å². The van der Waals surface area contributed by atoms with Crippen LogP contribution in [0.4, 0.5) is 16.4 Å². The van der Waals surface area contributed by atoms with Crippen molar-refractivity contribution in [3.8, 4) is 0 Å². The molecule has 104 valence electrons. The maximum atomic E-state index is 12.0. The maximum absolute atomic E-state index is 12.0. The van der Waals surface area contributed by atoms with E-state index in [1.165, 1.54) is 4.90 Å². The Hall–Kier alpha value is -2.16. The van der Waals surface area contributed by atoms with E-state index in [9.17, 15) is 20.0 Å². The quantitative estimate of drug-likeness (QED) is 0.637. The number of aromatic nitrogens is 1. The number of hydrogen-bond donors (Lipinski definition) is 1. The van der Waals surface area contributed by atoms with Gasteiger partial charge in [0.05, 0.1) is 11.5 Å². The van der Waals surface area contributed by atoms with E-state index in [-0.39, 0.29) is 23.8 Å². The molecule has 1 aromatic heterocycles. The second-order valence-electron chi connectivity index (χ2n) is 4.07. The van der Waals surface area contributed by atoms with Crippen LogP contribution in [0.15, 0.2) is 4.52 Å². The molecule has 1 aliphatic rings. The van der Waals surface area contributed by atoms with E-state index in [0.29, 0.717) is 13.0 Å². The number of hydrogen-bond acceptors (Lipinski definition) is 6. The van der Waals surface area contributed by atoms with Crippen LogP contribution in [0, 0.1) is 10.1 Å². The van der Waals surface area contributed by atoms with E-state index in [2.05, 4.69) is 5.16 Å². The molecule has 2 rings (SSSR count). The van der Waals surface area contributed by atoms with Gasteiger partial charge in [0.1, 0.15) is 0 Å². The van der Waals surface area contributed by atoms with Crippen molar-refractivity contribution in [2.45, 2.75) is 26.5 Å². The van der Waals surface area contributed by atoms with Crippen LogP contribution in [0.1, 0.15) is 19.5 Å². The lowest BCUT2D eigenvalue weighted by Gasteiger charge is -2.14. The van der Waals surface area contributed by atoms with Gasteiger partial charge in [0.15, 0.2) is 11.9 Å². The summed E-state index contributed by atoms with van der Waals surface area (Å²) < 4.78 is 4.89. The van der Waals surface area contributed by atoms with Gasteiger partial charge in [0.2, 0.25) is 0 Å². The van der Waals surface area contributed by atoms with Crippen LogP contribution in [-0.2, 0) is 6.42 Å². The summed E-state index contributed by atoms with van der Waals surface area (Å²) in [4.78, 5) is 24.6. The molecule has 0 radical (unpaired) electrons. The third-order valence-electron chi connectivity index (χ3n) is 2.99. The van der Waals surface area contributed by atoms with Gasteiger partial charge in [-0.25, -0.2) is 9.69 Å². The first-order valence-electron chi connectivity index (χ1n) is 5.90. The number of aryl methyl sites for hydroxylation is 1. The fraction of sp³-hybridized carbons (Fsp3) is 0.600. The number of carbonyl (C=O) groups excluding carboxylic acids is 1. The van der Waals surface area contributed by atoms with Crippen molar-refractivity contribution in [3.63, 3.8) is 0 Å². The Morgan fingerprint density at radius 1 is 1.58 bits per heavy atom. The monoisotopic (exact) mass is 270 g/mol. The molecule has 2 amide bonds. The van der Waals surface area contributed by atoms with Gasteiger partial charge in [0.25, 0.3) is 0 Å². The van der Waals surface area contributed by atoms with Crippen LogP contribution in [0.5, 0.6) is 0 Å². The number of nitro groups is 1. The van der Waals surface area contributed by atoms with Crippen molar-refractivity contribution in [2.24, 2.45) is 0 Å². The Bertz CT molecular complexity index is 514. The lowest BCUT2D eigenvalue weighted by molar-refractivity contribution is -0.385. The molecule has 19 heavy (non-hydrogen) atoms. The molecule has 0 bridgehead atoms. The maximum Gasteiger partial charge on any atom is 0.356 e. The number of aliphatic hydroxyl groups excluding tert-OH is 1. The molecular formula is C10H14N4O5. The van der Waals surface area contributed by atoms with Crippen LogP contribution >= 0.6 is 0 Å². The van der Waals surface area contributed by atoms with Gasteiger partial charge in [-0.2, -0.15) is 0 Å². The summed E-state index contributed by atoms with van der Waals surface area (Å²) in [5.41, 5.74) is -0.220. The third kappa shape index (κ3) is 2.01. The summed E-state index contributed by atoms with van der Waals surface area (Å²) >= 11 is 0. The highest BCUT2D eigenvalue weighted by Gasteiger charge is 2.43. The molecule has 9 heteroatoms. The molecule has 0 aromatic carbocycles. The van der Waals surface area contributed by atoms with Gasteiger partial charge in [0, 0.05) is 6.54 Å². The molecule has 1 atom stereocenters. The van der Waals surface area contributed by atoms with Crippen molar-refractivity contribution in [1.82, 2.24) is 10.1 Å². The summed E-state index contributed by atoms with van der Waals surface area (Å²) in [6.45, 7) is 3.92. The van der Waals surface area contributed by atoms with Crippen LogP contribution in [0.2, 0.25) is 0 Å². The SMILES string of the molecule is CCc1noc(N2C(=O)N(CC)CC2O)c1[N+](=O)[O-]. The van der Waals surface area contributed by atoms with E-state index in [1.807, 2.05) is 0 Å². The molecule has 0 aliphatic carbocycles. The molecule has 1 fully saturated rings. The topological polar surface area (TPSA) is 113 Å². The zero-order chi connectivity index (χ0) is 14.2. The molecule has 1 saturated heterocycles. The first-order valence-corrected chi connectivity index (χ1v) is 5.90. The largest absolute Gasteiger partial charge is 0.371 e. The normalized spacial score (nSPS) is 19.3. The Morgan fingerprint density at radius 2 is 2.26 bits per heavy atom. The molecule has 0 spiro atoms. The number of β-amino-alcohol motifs (C(OH)–C–C–N with tert-alkyl or cyclic N) is 1.